The van der Waals surface area contributed by atoms with Crippen molar-refractivity contribution in [3.63, 3.8) is 0 Å². The number of aromatic nitrogens is 7. The maximum atomic E-state index is 13.7. The zero-order valence-corrected chi connectivity index (χ0v) is 23.5. The number of methoxy groups -OCH3 is 1. The van der Waals surface area contributed by atoms with Gasteiger partial charge in [0.2, 0.25) is 27.7 Å². The predicted octanol–water partition coefficient (Wildman–Crippen LogP) is 3.65. The Morgan fingerprint density at radius 2 is 1.82 bits per heavy atom. The highest BCUT2D eigenvalue weighted by atomic mass is 32.2. The molecule has 14 heteroatoms. The Morgan fingerprint density at radius 1 is 1.08 bits per heavy atom. The molecular formula is C25H32N8O5S. The zero-order valence-electron chi connectivity index (χ0n) is 22.7. The Kier molecular flexibility index (Phi) is 8.55. The summed E-state index contributed by atoms with van der Waals surface area (Å²) >= 11 is 0. The zero-order chi connectivity index (χ0) is 28.2. The largest absolute Gasteiger partial charge is 0.481 e. The molecule has 0 aliphatic carbocycles. The smallest absolute Gasteiger partial charge is 0.240 e. The third kappa shape index (κ3) is 6.23. The van der Waals surface area contributed by atoms with E-state index in [-0.39, 0.29) is 11.8 Å². The molecule has 0 bridgehead atoms. The number of hydrogen-bond donors (Lipinski definition) is 1. The van der Waals surface area contributed by atoms with Crippen LogP contribution in [0.3, 0.4) is 0 Å². The molecule has 39 heavy (non-hydrogen) atoms. The van der Waals surface area contributed by atoms with E-state index in [1.165, 1.54) is 14.0 Å². The van der Waals surface area contributed by atoms with Gasteiger partial charge in [0.1, 0.15) is 28.8 Å². The molecule has 4 aromatic rings. The highest BCUT2D eigenvalue weighted by Crippen LogP contribution is 2.31. The van der Waals surface area contributed by atoms with Crippen LogP contribution in [0.1, 0.15) is 62.4 Å². The summed E-state index contributed by atoms with van der Waals surface area (Å²) in [7, 11) is -2.59. The summed E-state index contributed by atoms with van der Waals surface area (Å²) in [5.74, 6) is 1.86. The molecule has 0 aliphatic rings. The van der Waals surface area contributed by atoms with Crippen molar-refractivity contribution in [3.8, 4) is 17.4 Å². The SMILES string of the molecule is CCCO[C@@H](c1ncc(C)cn1)[C@H](C)S(=O)(=O)Nc1nnc(-c2cccc(OC)n2)n1[C@@H](C)c1ncc(C)o1. The van der Waals surface area contributed by atoms with Crippen LogP contribution in [-0.2, 0) is 14.8 Å². The Balaban J connectivity index is 1.74. The van der Waals surface area contributed by atoms with Gasteiger partial charge < -0.3 is 13.9 Å². The van der Waals surface area contributed by atoms with Crippen molar-refractivity contribution in [2.75, 3.05) is 18.4 Å². The van der Waals surface area contributed by atoms with Crippen LogP contribution in [0, 0.1) is 13.8 Å². The van der Waals surface area contributed by atoms with Crippen molar-refractivity contribution in [1.82, 2.24) is 34.7 Å². The lowest BCUT2D eigenvalue weighted by Gasteiger charge is -2.24. The number of aryl methyl sites for hydroxylation is 2. The van der Waals surface area contributed by atoms with Gasteiger partial charge in [-0.2, -0.15) is 0 Å². The summed E-state index contributed by atoms with van der Waals surface area (Å²) in [5.41, 5.74) is 1.27. The minimum absolute atomic E-state index is 0.0381. The summed E-state index contributed by atoms with van der Waals surface area (Å²) in [4.78, 5) is 17.4. The van der Waals surface area contributed by atoms with Crippen molar-refractivity contribution in [2.45, 2.75) is 58.4 Å². The molecule has 0 unspecified atom stereocenters. The van der Waals surface area contributed by atoms with E-state index in [4.69, 9.17) is 13.9 Å². The second kappa shape index (κ2) is 11.9. The maximum Gasteiger partial charge on any atom is 0.240 e. The third-order valence-electron chi connectivity index (χ3n) is 5.95. The predicted molar refractivity (Wildman–Crippen MR) is 143 cm³/mol. The van der Waals surface area contributed by atoms with Gasteiger partial charge in [-0.3, -0.25) is 9.29 Å². The van der Waals surface area contributed by atoms with E-state index < -0.39 is 27.4 Å². The molecule has 0 amide bonds. The van der Waals surface area contributed by atoms with Crippen molar-refractivity contribution in [3.05, 3.63) is 59.8 Å². The van der Waals surface area contributed by atoms with Crippen LogP contribution in [0.25, 0.3) is 11.5 Å². The second-order valence-electron chi connectivity index (χ2n) is 9.03. The van der Waals surface area contributed by atoms with Crippen molar-refractivity contribution in [1.29, 1.82) is 0 Å². The van der Waals surface area contributed by atoms with Crippen LogP contribution < -0.4 is 9.46 Å². The molecule has 0 saturated carbocycles. The fourth-order valence-corrected chi connectivity index (χ4v) is 4.93. The van der Waals surface area contributed by atoms with Crippen molar-refractivity contribution in [2.24, 2.45) is 0 Å². The Labute approximate surface area is 227 Å². The van der Waals surface area contributed by atoms with E-state index >= 15 is 0 Å². The lowest BCUT2D eigenvalue weighted by atomic mass is 10.2. The summed E-state index contributed by atoms with van der Waals surface area (Å²) in [6.07, 6.45) is 4.62. The molecular weight excluding hydrogens is 524 g/mol. The summed E-state index contributed by atoms with van der Waals surface area (Å²) in [6.45, 7) is 9.24. The molecule has 4 rings (SSSR count). The number of ether oxygens (including phenoxy) is 2. The van der Waals surface area contributed by atoms with E-state index in [2.05, 4.69) is 34.9 Å². The van der Waals surface area contributed by atoms with Crippen molar-refractivity contribution >= 4 is 16.0 Å². The highest BCUT2D eigenvalue weighted by molar-refractivity contribution is 7.93. The summed E-state index contributed by atoms with van der Waals surface area (Å²) in [5, 5.41) is 7.36. The van der Waals surface area contributed by atoms with Gasteiger partial charge in [-0.15, -0.1) is 10.2 Å². The minimum Gasteiger partial charge on any atom is -0.481 e. The monoisotopic (exact) mass is 556 g/mol. The van der Waals surface area contributed by atoms with Gasteiger partial charge in [0, 0.05) is 25.1 Å². The average Bonchev–Trinajstić information content (AvgIpc) is 3.55. The van der Waals surface area contributed by atoms with E-state index in [0.29, 0.717) is 42.1 Å². The number of pyridine rings is 1. The van der Waals surface area contributed by atoms with Crippen LogP contribution in [0.15, 0.2) is 41.2 Å². The topological polar surface area (TPSA) is 160 Å². The molecule has 3 atom stereocenters. The van der Waals surface area contributed by atoms with Crippen molar-refractivity contribution < 1.29 is 22.3 Å². The molecule has 0 aliphatic heterocycles. The van der Waals surface area contributed by atoms with Gasteiger partial charge in [0.15, 0.2) is 11.6 Å². The van der Waals surface area contributed by atoms with E-state index in [1.807, 2.05) is 13.8 Å². The van der Waals surface area contributed by atoms with Crippen LogP contribution >= 0.6 is 0 Å². The van der Waals surface area contributed by atoms with Crippen LogP contribution in [0.4, 0.5) is 5.95 Å². The average molecular weight is 557 g/mol. The molecule has 1 N–H and O–H groups in total. The first-order valence-corrected chi connectivity index (χ1v) is 14.0. The van der Waals surface area contributed by atoms with E-state index in [9.17, 15) is 8.42 Å². The number of nitrogens with one attached hydrogen (secondary N) is 1. The quantitative estimate of drug-likeness (QED) is 0.271. The maximum absolute atomic E-state index is 13.7. The molecule has 4 aromatic heterocycles. The number of nitrogens with zero attached hydrogens (tertiary/aromatic N) is 7. The Hall–Kier alpha value is -3.91. The lowest BCUT2D eigenvalue weighted by molar-refractivity contribution is 0.0466. The molecule has 0 spiro atoms. The van der Waals surface area contributed by atoms with Gasteiger partial charge in [-0.1, -0.05) is 13.0 Å². The molecule has 4 heterocycles. The number of sulfonamides is 1. The van der Waals surface area contributed by atoms with E-state index in [0.717, 1.165) is 5.56 Å². The molecule has 208 valence electrons. The van der Waals surface area contributed by atoms with Crippen LogP contribution in [0.5, 0.6) is 5.88 Å². The number of anilines is 1. The fourth-order valence-electron chi connectivity index (χ4n) is 3.83. The number of hydrogen-bond acceptors (Lipinski definition) is 11. The molecule has 13 nitrogen and oxygen atoms in total. The van der Waals surface area contributed by atoms with Gasteiger partial charge in [-0.25, -0.2) is 28.4 Å². The highest BCUT2D eigenvalue weighted by Gasteiger charge is 2.35. The van der Waals surface area contributed by atoms with Gasteiger partial charge >= 0.3 is 0 Å². The first kappa shape index (κ1) is 28.1. The normalized spacial score (nSPS) is 14.1. The van der Waals surface area contributed by atoms with Gasteiger partial charge in [0.25, 0.3) is 0 Å². The second-order valence-corrected chi connectivity index (χ2v) is 11.1. The summed E-state index contributed by atoms with van der Waals surface area (Å²) < 4.78 is 48.5. The van der Waals surface area contributed by atoms with Gasteiger partial charge in [-0.05, 0) is 45.7 Å². The third-order valence-corrected chi connectivity index (χ3v) is 7.64. The molecule has 0 saturated heterocycles. The van der Waals surface area contributed by atoms with Crippen LogP contribution in [-0.4, -0.2) is 62.1 Å². The van der Waals surface area contributed by atoms with E-state index in [1.54, 1.807) is 55.2 Å². The molecule has 0 radical (unpaired) electrons. The summed E-state index contributed by atoms with van der Waals surface area (Å²) in [6, 6.07) is 4.58. The lowest BCUT2D eigenvalue weighted by Crippen LogP contribution is -2.34. The van der Waals surface area contributed by atoms with Crippen LogP contribution in [0.2, 0.25) is 0 Å². The number of oxazole rings is 1. The molecule has 0 aromatic carbocycles. The Bertz CT molecular complexity index is 1500. The fraction of sp³-hybridized carbons (Fsp3) is 0.440. The standard InChI is InChI=1S/C25H32N8O5S/c1-7-11-37-21(22-26-12-15(2)13-27-22)18(5)39(34,35)32-25-31-30-23(19-9-8-10-20(29-19)36-6)33(25)17(4)24-28-14-16(3)38-24/h8-10,12-14,17-18,21H,7,11H2,1-6H3,(H,31,32)/t17-,18-,21+/m0/s1. The molecule has 0 fully saturated rings. The Morgan fingerprint density at radius 3 is 2.46 bits per heavy atom. The first-order chi connectivity index (χ1) is 18.6. The number of rotatable bonds is 12. The van der Waals surface area contributed by atoms with Gasteiger partial charge in [0.05, 0.1) is 13.3 Å². The first-order valence-electron chi connectivity index (χ1n) is 12.4. The minimum atomic E-state index is -4.09.